The fraction of sp³-hybridized carbons (Fsp3) is 0.222. The van der Waals surface area contributed by atoms with E-state index in [2.05, 4.69) is 0 Å². The van der Waals surface area contributed by atoms with E-state index in [1.165, 1.54) is 26.4 Å². The fourth-order valence-electron chi connectivity index (χ4n) is 2.80. The highest BCUT2D eigenvalue weighted by molar-refractivity contribution is 5.96. The van der Waals surface area contributed by atoms with Crippen LogP contribution in [0.3, 0.4) is 0 Å². The number of benzene rings is 1. The molecule has 0 radical (unpaired) electrons. The average molecular weight is 344 g/mol. The second-order valence-corrected chi connectivity index (χ2v) is 5.45. The van der Waals surface area contributed by atoms with E-state index in [9.17, 15) is 19.8 Å². The summed E-state index contributed by atoms with van der Waals surface area (Å²) in [7, 11) is 2.96. The van der Waals surface area contributed by atoms with Gasteiger partial charge in [-0.1, -0.05) is 18.2 Å². The molecule has 0 unspecified atom stereocenters. The lowest BCUT2D eigenvalue weighted by atomic mass is 9.97. The van der Waals surface area contributed by atoms with E-state index in [0.717, 1.165) is 6.07 Å². The first-order valence-corrected chi connectivity index (χ1v) is 7.45. The summed E-state index contributed by atoms with van der Waals surface area (Å²) in [6, 6.07) is 8.80. The summed E-state index contributed by atoms with van der Waals surface area (Å²) in [5.41, 5.74) is -0.248. The fourth-order valence-corrected chi connectivity index (χ4v) is 2.80. The average Bonchev–Trinajstić information content (AvgIpc) is 2.87. The number of hydrogen-bond acceptors (Lipinski definition) is 7. The Labute approximate surface area is 143 Å². The highest BCUT2D eigenvalue weighted by Gasteiger charge is 2.39. The summed E-state index contributed by atoms with van der Waals surface area (Å²) in [6.07, 6.45) is -2.28. The molecule has 2 atom stereocenters. The van der Waals surface area contributed by atoms with Gasteiger partial charge in [-0.3, -0.25) is 4.79 Å². The third kappa shape index (κ3) is 2.78. The Balaban J connectivity index is 2.06. The maximum absolute atomic E-state index is 12.1. The second kappa shape index (κ2) is 6.45. The first-order valence-electron chi connectivity index (χ1n) is 7.45. The van der Waals surface area contributed by atoms with Gasteiger partial charge in [0.1, 0.15) is 11.7 Å². The Morgan fingerprint density at radius 1 is 1.08 bits per heavy atom. The molecule has 2 N–H and O–H groups in total. The summed E-state index contributed by atoms with van der Waals surface area (Å²) >= 11 is 0. The van der Waals surface area contributed by atoms with Crippen molar-refractivity contribution >= 4 is 5.97 Å². The number of aromatic hydroxyl groups is 1. The molecule has 0 aromatic heterocycles. The van der Waals surface area contributed by atoms with Crippen molar-refractivity contribution in [1.82, 2.24) is 0 Å². The first-order chi connectivity index (χ1) is 12.0. The molecule has 7 heteroatoms. The van der Waals surface area contributed by atoms with Crippen molar-refractivity contribution < 1.29 is 29.2 Å². The molecule has 1 aliphatic rings. The summed E-state index contributed by atoms with van der Waals surface area (Å²) in [5.74, 6) is -0.647. The van der Waals surface area contributed by atoms with Crippen LogP contribution in [0.4, 0.5) is 0 Å². The minimum absolute atomic E-state index is 0.223. The van der Waals surface area contributed by atoms with E-state index in [1.54, 1.807) is 18.2 Å². The van der Waals surface area contributed by atoms with Gasteiger partial charge in [-0.15, -0.1) is 0 Å². The van der Waals surface area contributed by atoms with Crippen molar-refractivity contribution in [3.8, 4) is 17.2 Å². The Morgan fingerprint density at radius 2 is 1.80 bits per heavy atom. The molecule has 7 nitrogen and oxygen atoms in total. The molecule has 1 aliphatic heterocycles. The van der Waals surface area contributed by atoms with Gasteiger partial charge in [-0.2, -0.15) is 0 Å². The topological polar surface area (TPSA) is 102 Å². The summed E-state index contributed by atoms with van der Waals surface area (Å²) in [5, 5.41) is 20.6. The van der Waals surface area contributed by atoms with Crippen LogP contribution in [0, 0.1) is 0 Å². The predicted molar refractivity (Wildman–Crippen MR) is 87.0 cm³/mol. The molecule has 0 fully saturated rings. The minimum Gasteiger partial charge on any atom is -0.504 e. The van der Waals surface area contributed by atoms with Crippen LogP contribution in [0.2, 0.25) is 0 Å². The number of ether oxygens (including phenoxy) is 3. The number of cyclic esters (lactones) is 1. The van der Waals surface area contributed by atoms with Gasteiger partial charge in [0.25, 0.3) is 0 Å². The van der Waals surface area contributed by atoms with Crippen LogP contribution in [0.5, 0.6) is 17.2 Å². The van der Waals surface area contributed by atoms with Gasteiger partial charge in [0, 0.05) is 5.56 Å². The van der Waals surface area contributed by atoms with Gasteiger partial charge < -0.3 is 24.4 Å². The molecule has 2 aromatic rings. The highest BCUT2D eigenvalue weighted by Crippen LogP contribution is 2.42. The molecule has 0 amide bonds. The molecule has 0 aliphatic carbocycles. The SMILES string of the molecule is COc1ccc([C@@H](O)[C@H]2OC(=O)c3c2cccc(=O)c3O)cc1OC. The molecule has 3 rings (SSSR count). The number of carbonyl (C=O) groups excluding carboxylic acids is 1. The lowest BCUT2D eigenvalue weighted by molar-refractivity contribution is -0.0104. The zero-order valence-corrected chi connectivity index (χ0v) is 13.6. The summed E-state index contributed by atoms with van der Waals surface area (Å²) in [6.45, 7) is 0. The maximum Gasteiger partial charge on any atom is 0.343 e. The van der Waals surface area contributed by atoms with Crippen molar-refractivity contribution in [3.63, 3.8) is 0 Å². The minimum atomic E-state index is -1.22. The maximum atomic E-state index is 12.1. The van der Waals surface area contributed by atoms with E-state index in [0.29, 0.717) is 17.1 Å². The van der Waals surface area contributed by atoms with E-state index in [4.69, 9.17) is 14.2 Å². The number of aliphatic hydroxyl groups excluding tert-OH is 1. The number of rotatable bonds is 4. The van der Waals surface area contributed by atoms with Crippen LogP contribution >= 0.6 is 0 Å². The van der Waals surface area contributed by atoms with Gasteiger partial charge in [0.05, 0.1) is 14.2 Å². The Morgan fingerprint density at radius 3 is 2.48 bits per heavy atom. The van der Waals surface area contributed by atoms with Crippen LogP contribution in [-0.4, -0.2) is 30.4 Å². The largest absolute Gasteiger partial charge is 0.504 e. The standard InChI is InChI=1S/C18H16O7/c1-23-12-7-6-9(8-13(12)24-2)15(20)17-10-4-3-5-11(19)16(21)14(10)18(22)25-17/h3-8,15,17,20H,1-2H3,(H,19,21)/t15-,17+/m1/s1. The monoisotopic (exact) mass is 344 g/mol. The predicted octanol–water partition coefficient (Wildman–Crippen LogP) is 1.71. The van der Waals surface area contributed by atoms with Gasteiger partial charge in [0.15, 0.2) is 23.4 Å². The molecule has 0 saturated carbocycles. The lowest BCUT2D eigenvalue weighted by Gasteiger charge is -2.19. The Hall–Kier alpha value is -3.06. The third-order valence-corrected chi connectivity index (χ3v) is 4.06. The van der Waals surface area contributed by atoms with Crippen molar-refractivity contribution in [2.24, 2.45) is 0 Å². The van der Waals surface area contributed by atoms with Crippen molar-refractivity contribution in [2.75, 3.05) is 14.2 Å². The molecule has 2 aromatic carbocycles. The van der Waals surface area contributed by atoms with Gasteiger partial charge in [-0.05, 0) is 23.8 Å². The normalized spacial score (nSPS) is 16.8. The molecule has 0 saturated heterocycles. The highest BCUT2D eigenvalue weighted by atomic mass is 16.6. The third-order valence-electron chi connectivity index (χ3n) is 4.06. The number of methoxy groups -OCH3 is 2. The molecular weight excluding hydrogens is 328 g/mol. The first kappa shape index (κ1) is 16.8. The number of aliphatic hydroxyl groups is 1. The Kier molecular flexibility index (Phi) is 4.33. The second-order valence-electron chi connectivity index (χ2n) is 5.45. The quantitative estimate of drug-likeness (QED) is 0.814. The van der Waals surface area contributed by atoms with Crippen LogP contribution in [0.15, 0.2) is 41.2 Å². The van der Waals surface area contributed by atoms with Gasteiger partial charge >= 0.3 is 5.97 Å². The summed E-state index contributed by atoms with van der Waals surface area (Å²) in [4.78, 5) is 23.7. The van der Waals surface area contributed by atoms with Gasteiger partial charge in [-0.25, -0.2) is 4.79 Å². The molecular formula is C18H16O7. The lowest BCUT2D eigenvalue weighted by Crippen LogP contribution is -2.11. The molecule has 1 heterocycles. The van der Waals surface area contributed by atoms with E-state index in [-0.39, 0.29) is 11.1 Å². The number of fused-ring (bicyclic) bond motifs is 1. The van der Waals surface area contributed by atoms with Crippen molar-refractivity contribution in [1.29, 1.82) is 0 Å². The van der Waals surface area contributed by atoms with Crippen molar-refractivity contribution in [2.45, 2.75) is 12.2 Å². The van der Waals surface area contributed by atoms with Crippen LogP contribution < -0.4 is 14.9 Å². The zero-order chi connectivity index (χ0) is 18.1. The van der Waals surface area contributed by atoms with Crippen LogP contribution in [-0.2, 0) is 4.74 Å². The van der Waals surface area contributed by atoms with E-state index >= 15 is 0 Å². The zero-order valence-electron chi connectivity index (χ0n) is 13.6. The molecule has 25 heavy (non-hydrogen) atoms. The van der Waals surface area contributed by atoms with Gasteiger partial charge in [0.2, 0.25) is 5.43 Å². The number of carbonyl (C=O) groups is 1. The molecule has 0 spiro atoms. The smallest absolute Gasteiger partial charge is 0.343 e. The molecule has 130 valence electrons. The molecule has 0 bridgehead atoms. The number of hydrogen-bond donors (Lipinski definition) is 2. The van der Waals surface area contributed by atoms with E-state index in [1.807, 2.05) is 0 Å². The Bertz CT molecular complexity index is 891. The van der Waals surface area contributed by atoms with Crippen molar-refractivity contribution in [3.05, 3.63) is 63.3 Å². The summed E-state index contributed by atoms with van der Waals surface area (Å²) < 4.78 is 15.6. The van der Waals surface area contributed by atoms with E-state index < -0.39 is 29.4 Å². The number of esters is 1. The van der Waals surface area contributed by atoms with Crippen LogP contribution in [0.25, 0.3) is 0 Å². The van der Waals surface area contributed by atoms with Crippen LogP contribution in [0.1, 0.15) is 33.7 Å².